The Kier molecular flexibility index (Phi) is 2.38. The summed E-state index contributed by atoms with van der Waals surface area (Å²) in [5.74, 6) is -0.948. The maximum Gasteiger partial charge on any atom is 0.128 e. The van der Waals surface area contributed by atoms with Crippen molar-refractivity contribution in [3.63, 3.8) is 0 Å². The summed E-state index contributed by atoms with van der Waals surface area (Å²) in [5.41, 5.74) is 0.184. The molecule has 0 saturated carbocycles. The Bertz CT molecular complexity index is 289. The number of hydrogen-bond donors (Lipinski definition) is 0. The second-order valence-corrected chi connectivity index (χ2v) is 4.04. The molecule has 0 amide bonds. The number of halogens is 3. The summed E-state index contributed by atoms with van der Waals surface area (Å²) in [7, 11) is 0. The lowest BCUT2D eigenvalue weighted by molar-refractivity contribution is 0.563. The van der Waals surface area contributed by atoms with Crippen LogP contribution in [0.5, 0.6) is 0 Å². The van der Waals surface area contributed by atoms with E-state index in [0.29, 0.717) is 0 Å². The van der Waals surface area contributed by atoms with Gasteiger partial charge in [-0.3, -0.25) is 0 Å². The van der Waals surface area contributed by atoms with Crippen molar-refractivity contribution >= 4 is 11.6 Å². The van der Waals surface area contributed by atoms with Crippen LogP contribution in [0.2, 0.25) is 0 Å². The molecule has 0 aliphatic rings. The predicted molar refractivity (Wildman–Crippen MR) is 45.2 cm³/mol. The van der Waals surface area contributed by atoms with Crippen LogP contribution in [0.15, 0.2) is 18.2 Å². The molecule has 1 aromatic carbocycles. The van der Waals surface area contributed by atoms with Gasteiger partial charge in [-0.05, 0) is 32.0 Å². The van der Waals surface area contributed by atoms with Gasteiger partial charge in [0.25, 0.3) is 0 Å². The number of hydrogen-bond acceptors (Lipinski definition) is 0. The molecule has 1 rings (SSSR count). The molecule has 0 aliphatic heterocycles. The minimum absolute atomic E-state index is 0.184. The lowest BCUT2D eigenvalue weighted by atomic mass is 10.0. The van der Waals surface area contributed by atoms with Crippen LogP contribution in [0.1, 0.15) is 19.4 Å². The molecule has 12 heavy (non-hydrogen) atoms. The standard InChI is InChI=1S/C9H9ClF2/c1-9(2,10)7-5-6(11)3-4-8(7)12/h3-5H,1-2H3. The van der Waals surface area contributed by atoms with Crippen molar-refractivity contribution in [2.24, 2.45) is 0 Å². The highest BCUT2D eigenvalue weighted by molar-refractivity contribution is 6.23. The molecule has 3 heteroatoms. The van der Waals surface area contributed by atoms with Crippen molar-refractivity contribution in [2.75, 3.05) is 0 Å². The van der Waals surface area contributed by atoms with E-state index in [4.69, 9.17) is 11.6 Å². The maximum absolute atomic E-state index is 13.0. The first-order chi connectivity index (χ1) is 5.41. The van der Waals surface area contributed by atoms with Crippen LogP contribution in [-0.2, 0) is 4.87 Å². The Hall–Kier alpha value is -0.630. The van der Waals surface area contributed by atoms with Gasteiger partial charge in [-0.15, -0.1) is 11.6 Å². The molecule has 0 nitrogen and oxygen atoms in total. The lowest BCUT2D eigenvalue weighted by Crippen LogP contribution is -2.10. The second-order valence-electron chi connectivity index (χ2n) is 3.10. The molecule has 0 unspecified atom stereocenters. The molecule has 0 saturated heterocycles. The number of alkyl halides is 1. The van der Waals surface area contributed by atoms with Crippen molar-refractivity contribution in [2.45, 2.75) is 18.7 Å². The largest absolute Gasteiger partial charge is 0.207 e. The highest BCUT2D eigenvalue weighted by Gasteiger charge is 2.21. The van der Waals surface area contributed by atoms with E-state index in [0.717, 1.165) is 18.2 Å². The quantitative estimate of drug-likeness (QED) is 0.595. The van der Waals surface area contributed by atoms with Crippen LogP contribution in [0, 0.1) is 11.6 Å². The Morgan fingerprint density at radius 1 is 1.25 bits per heavy atom. The van der Waals surface area contributed by atoms with Gasteiger partial charge in [0, 0.05) is 5.56 Å². The normalized spacial score (nSPS) is 11.8. The van der Waals surface area contributed by atoms with Gasteiger partial charge in [-0.25, -0.2) is 8.78 Å². The fraction of sp³-hybridized carbons (Fsp3) is 0.333. The molecule has 66 valence electrons. The molecule has 0 spiro atoms. The maximum atomic E-state index is 13.0. The zero-order chi connectivity index (χ0) is 9.35. The zero-order valence-electron chi connectivity index (χ0n) is 6.87. The first-order valence-electron chi connectivity index (χ1n) is 3.55. The predicted octanol–water partition coefficient (Wildman–Crippen LogP) is 3.44. The van der Waals surface area contributed by atoms with Crippen LogP contribution >= 0.6 is 11.6 Å². The minimum Gasteiger partial charge on any atom is -0.207 e. The Morgan fingerprint density at radius 2 is 1.83 bits per heavy atom. The minimum atomic E-state index is -0.869. The summed E-state index contributed by atoms with van der Waals surface area (Å²) >= 11 is 5.83. The summed E-state index contributed by atoms with van der Waals surface area (Å²) in [5, 5.41) is 0. The van der Waals surface area contributed by atoms with E-state index in [2.05, 4.69) is 0 Å². The van der Waals surface area contributed by atoms with Crippen molar-refractivity contribution < 1.29 is 8.78 Å². The Labute approximate surface area is 75.2 Å². The van der Waals surface area contributed by atoms with Gasteiger partial charge in [0.1, 0.15) is 11.6 Å². The zero-order valence-corrected chi connectivity index (χ0v) is 7.62. The van der Waals surface area contributed by atoms with E-state index in [9.17, 15) is 8.78 Å². The third kappa shape index (κ3) is 1.95. The Morgan fingerprint density at radius 3 is 2.25 bits per heavy atom. The fourth-order valence-electron chi connectivity index (χ4n) is 0.953. The summed E-state index contributed by atoms with van der Waals surface area (Å²) in [6.07, 6.45) is 0. The van der Waals surface area contributed by atoms with Crippen molar-refractivity contribution in [1.82, 2.24) is 0 Å². The average Bonchev–Trinajstić information content (AvgIpc) is 1.92. The first kappa shape index (κ1) is 9.46. The third-order valence-electron chi connectivity index (χ3n) is 1.57. The van der Waals surface area contributed by atoms with Gasteiger partial charge < -0.3 is 0 Å². The molecule has 0 aromatic heterocycles. The molecule has 0 radical (unpaired) electrons. The number of rotatable bonds is 1. The van der Waals surface area contributed by atoms with Gasteiger partial charge in [-0.2, -0.15) is 0 Å². The van der Waals surface area contributed by atoms with E-state index in [1.54, 1.807) is 13.8 Å². The summed E-state index contributed by atoms with van der Waals surface area (Å²) < 4.78 is 25.7. The van der Waals surface area contributed by atoms with E-state index in [1.807, 2.05) is 0 Å². The molecule has 0 bridgehead atoms. The van der Waals surface area contributed by atoms with Crippen LogP contribution < -0.4 is 0 Å². The van der Waals surface area contributed by atoms with Crippen LogP contribution in [-0.4, -0.2) is 0 Å². The molecule has 0 fully saturated rings. The fourth-order valence-corrected chi connectivity index (χ4v) is 1.10. The van der Waals surface area contributed by atoms with E-state index < -0.39 is 16.5 Å². The molecule has 0 heterocycles. The van der Waals surface area contributed by atoms with Gasteiger partial charge in [-0.1, -0.05) is 0 Å². The topological polar surface area (TPSA) is 0 Å². The Balaban J connectivity index is 3.23. The van der Waals surface area contributed by atoms with Gasteiger partial charge in [0.05, 0.1) is 4.87 Å². The van der Waals surface area contributed by atoms with Crippen LogP contribution in [0.25, 0.3) is 0 Å². The number of benzene rings is 1. The van der Waals surface area contributed by atoms with Crippen molar-refractivity contribution in [1.29, 1.82) is 0 Å². The molecular weight excluding hydrogens is 182 g/mol. The summed E-state index contributed by atoms with van der Waals surface area (Å²) in [6, 6.07) is 3.26. The second kappa shape index (κ2) is 3.02. The SMILES string of the molecule is CC(C)(Cl)c1cc(F)ccc1F. The molecule has 0 atom stereocenters. The van der Waals surface area contributed by atoms with Crippen molar-refractivity contribution in [3.8, 4) is 0 Å². The van der Waals surface area contributed by atoms with E-state index in [1.165, 1.54) is 0 Å². The van der Waals surface area contributed by atoms with E-state index in [-0.39, 0.29) is 5.56 Å². The summed E-state index contributed by atoms with van der Waals surface area (Å²) in [6.45, 7) is 3.23. The van der Waals surface area contributed by atoms with Gasteiger partial charge in [0.2, 0.25) is 0 Å². The lowest BCUT2D eigenvalue weighted by Gasteiger charge is -2.16. The van der Waals surface area contributed by atoms with Crippen LogP contribution in [0.3, 0.4) is 0 Å². The highest BCUT2D eigenvalue weighted by Crippen LogP contribution is 2.29. The molecule has 0 aliphatic carbocycles. The smallest absolute Gasteiger partial charge is 0.128 e. The summed E-state index contributed by atoms with van der Waals surface area (Å²) in [4.78, 5) is -0.869. The van der Waals surface area contributed by atoms with Gasteiger partial charge >= 0.3 is 0 Å². The average molecular weight is 191 g/mol. The molecular formula is C9H9ClF2. The monoisotopic (exact) mass is 190 g/mol. The molecule has 0 N–H and O–H groups in total. The van der Waals surface area contributed by atoms with Gasteiger partial charge in [0.15, 0.2) is 0 Å². The highest BCUT2D eigenvalue weighted by atomic mass is 35.5. The third-order valence-corrected chi connectivity index (χ3v) is 1.77. The van der Waals surface area contributed by atoms with Crippen LogP contribution in [0.4, 0.5) is 8.78 Å². The molecule has 1 aromatic rings. The van der Waals surface area contributed by atoms with Crippen molar-refractivity contribution in [3.05, 3.63) is 35.4 Å². The van der Waals surface area contributed by atoms with E-state index >= 15 is 0 Å². The first-order valence-corrected chi connectivity index (χ1v) is 3.93.